The van der Waals surface area contributed by atoms with Crippen molar-refractivity contribution >= 4 is 35.0 Å². The Kier molecular flexibility index (Phi) is 6.05. The highest BCUT2D eigenvalue weighted by atomic mass is 32.2. The van der Waals surface area contributed by atoms with E-state index in [1.165, 1.54) is 0 Å². The maximum absolute atomic E-state index is 12.5. The van der Waals surface area contributed by atoms with Crippen LogP contribution in [0, 0.1) is 0 Å². The summed E-state index contributed by atoms with van der Waals surface area (Å²) < 4.78 is 5.18. The number of methoxy groups -OCH3 is 1. The zero-order valence-corrected chi connectivity index (χ0v) is 17.4. The molecule has 30 heavy (non-hydrogen) atoms. The van der Waals surface area contributed by atoms with Crippen molar-refractivity contribution in [2.24, 2.45) is 0 Å². The Labute approximate surface area is 180 Å². The van der Waals surface area contributed by atoms with Crippen LogP contribution in [0.2, 0.25) is 0 Å². The molecule has 0 unspecified atom stereocenters. The highest BCUT2D eigenvalue weighted by Gasteiger charge is 2.21. The van der Waals surface area contributed by atoms with E-state index in [2.05, 4.69) is 5.32 Å². The van der Waals surface area contributed by atoms with Gasteiger partial charge in [-0.15, -0.1) is 0 Å². The van der Waals surface area contributed by atoms with Crippen LogP contribution in [-0.4, -0.2) is 25.5 Å². The topological polar surface area (TPSA) is 58.6 Å². The van der Waals surface area contributed by atoms with E-state index in [4.69, 9.17) is 4.74 Å². The molecule has 1 aliphatic heterocycles. The largest absolute Gasteiger partial charge is 0.497 e. The Hall–Kier alpha value is -3.25. The maximum Gasteiger partial charge on any atom is 0.255 e. The minimum atomic E-state index is -0.176. The minimum absolute atomic E-state index is 0.139. The number of amides is 2. The molecule has 0 bridgehead atoms. The summed E-state index contributed by atoms with van der Waals surface area (Å²) in [6.07, 6.45) is 1.48. The van der Waals surface area contributed by atoms with Gasteiger partial charge in [0.25, 0.3) is 5.91 Å². The Morgan fingerprint density at radius 2 is 1.57 bits per heavy atom. The number of hydrogen-bond donors (Lipinski definition) is 1. The monoisotopic (exact) mass is 418 g/mol. The second kappa shape index (κ2) is 9.05. The third-order valence-electron chi connectivity index (χ3n) is 4.92. The van der Waals surface area contributed by atoms with Gasteiger partial charge in [0.05, 0.1) is 7.11 Å². The fourth-order valence-electron chi connectivity index (χ4n) is 3.30. The molecule has 0 radical (unpaired) electrons. The molecule has 0 saturated carbocycles. The van der Waals surface area contributed by atoms with Gasteiger partial charge < -0.3 is 15.0 Å². The van der Waals surface area contributed by atoms with Gasteiger partial charge in [-0.2, -0.15) is 0 Å². The Bertz CT molecular complexity index is 1030. The summed E-state index contributed by atoms with van der Waals surface area (Å²) in [6, 6.07) is 22.8. The van der Waals surface area contributed by atoms with Gasteiger partial charge >= 0.3 is 0 Å². The van der Waals surface area contributed by atoms with Crippen LogP contribution in [0.1, 0.15) is 23.2 Å². The first-order valence-corrected chi connectivity index (χ1v) is 10.6. The number of benzene rings is 3. The second-order valence-corrected chi connectivity index (χ2v) is 8.10. The third kappa shape index (κ3) is 4.66. The van der Waals surface area contributed by atoms with Gasteiger partial charge in [0.2, 0.25) is 5.91 Å². The maximum atomic E-state index is 12.5. The summed E-state index contributed by atoms with van der Waals surface area (Å²) in [5.74, 6) is 0.794. The summed E-state index contributed by atoms with van der Waals surface area (Å²) in [7, 11) is 1.65. The first-order valence-electron chi connectivity index (χ1n) is 9.76. The number of carbonyl (C=O) groups is 2. The molecule has 6 heteroatoms. The van der Waals surface area contributed by atoms with Crippen molar-refractivity contribution in [2.75, 3.05) is 23.9 Å². The van der Waals surface area contributed by atoms with Crippen LogP contribution in [0.4, 0.5) is 11.4 Å². The van der Waals surface area contributed by atoms with Gasteiger partial charge in [-0.25, -0.2) is 0 Å². The number of nitrogens with zero attached hydrogens (tertiary/aromatic N) is 1. The van der Waals surface area contributed by atoms with Gasteiger partial charge in [-0.1, -0.05) is 11.8 Å². The summed E-state index contributed by atoms with van der Waals surface area (Å²) in [4.78, 5) is 28.3. The molecule has 5 nitrogen and oxygen atoms in total. The van der Waals surface area contributed by atoms with Crippen LogP contribution in [0.3, 0.4) is 0 Å². The Morgan fingerprint density at radius 1 is 0.933 bits per heavy atom. The molecule has 0 spiro atoms. The molecule has 1 saturated heterocycles. The molecule has 4 rings (SSSR count). The molecule has 1 aliphatic rings. The predicted molar refractivity (Wildman–Crippen MR) is 120 cm³/mol. The number of anilines is 2. The van der Waals surface area contributed by atoms with Gasteiger partial charge in [0.15, 0.2) is 0 Å². The van der Waals surface area contributed by atoms with Gasteiger partial charge in [-0.3, -0.25) is 9.59 Å². The van der Waals surface area contributed by atoms with Crippen molar-refractivity contribution in [1.82, 2.24) is 0 Å². The summed E-state index contributed by atoms with van der Waals surface area (Å²) in [5, 5.41) is 2.92. The minimum Gasteiger partial charge on any atom is -0.497 e. The number of carbonyl (C=O) groups excluding carboxylic acids is 2. The third-order valence-corrected chi connectivity index (χ3v) is 5.94. The van der Waals surface area contributed by atoms with E-state index >= 15 is 0 Å². The first kappa shape index (κ1) is 20.0. The summed E-state index contributed by atoms with van der Waals surface area (Å²) >= 11 is 1.64. The van der Waals surface area contributed by atoms with Crippen LogP contribution >= 0.6 is 11.8 Å². The normalized spacial score (nSPS) is 13.4. The van der Waals surface area contributed by atoms with Gasteiger partial charge in [0, 0.05) is 39.7 Å². The van der Waals surface area contributed by atoms with Crippen LogP contribution in [-0.2, 0) is 4.79 Å². The van der Waals surface area contributed by atoms with Crippen LogP contribution in [0.5, 0.6) is 5.75 Å². The van der Waals surface area contributed by atoms with E-state index in [9.17, 15) is 9.59 Å². The van der Waals surface area contributed by atoms with Crippen LogP contribution in [0.15, 0.2) is 82.6 Å². The van der Waals surface area contributed by atoms with Gasteiger partial charge in [0.1, 0.15) is 5.75 Å². The van der Waals surface area contributed by atoms with Crippen molar-refractivity contribution in [3.63, 3.8) is 0 Å². The van der Waals surface area contributed by atoms with E-state index in [1.54, 1.807) is 35.9 Å². The summed E-state index contributed by atoms with van der Waals surface area (Å²) in [5.41, 5.74) is 2.13. The first-order chi connectivity index (χ1) is 14.6. The zero-order chi connectivity index (χ0) is 20.9. The van der Waals surface area contributed by atoms with Crippen LogP contribution < -0.4 is 15.0 Å². The van der Waals surface area contributed by atoms with Crippen molar-refractivity contribution in [3.05, 3.63) is 78.4 Å². The van der Waals surface area contributed by atoms with Crippen molar-refractivity contribution in [3.8, 4) is 5.75 Å². The lowest BCUT2D eigenvalue weighted by Gasteiger charge is -2.15. The molecule has 3 aromatic carbocycles. The Morgan fingerprint density at radius 3 is 2.13 bits per heavy atom. The molecule has 2 amide bonds. The van der Waals surface area contributed by atoms with E-state index in [-0.39, 0.29) is 11.8 Å². The SMILES string of the molecule is COc1ccc(Sc2ccc(NC(=O)c3ccc(N4CCCC4=O)cc3)cc2)cc1. The molecule has 0 atom stereocenters. The van der Waals surface area contributed by atoms with E-state index in [0.29, 0.717) is 12.0 Å². The lowest BCUT2D eigenvalue weighted by atomic mass is 10.1. The highest BCUT2D eigenvalue weighted by molar-refractivity contribution is 7.99. The molecule has 1 N–H and O–H groups in total. The van der Waals surface area contributed by atoms with Gasteiger partial charge in [-0.05, 0) is 79.2 Å². The number of rotatable bonds is 6. The van der Waals surface area contributed by atoms with Crippen molar-refractivity contribution < 1.29 is 14.3 Å². The lowest BCUT2D eigenvalue weighted by Crippen LogP contribution is -2.23. The molecular formula is C24H22N2O3S. The zero-order valence-electron chi connectivity index (χ0n) is 16.6. The van der Waals surface area contributed by atoms with Crippen molar-refractivity contribution in [2.45, 2.75) is 22.6 Å². The molecule has 0 aromatic heterocycles. The van der Waals surface area contributed by atoms with E-state index in [0.717, 1.165) is 39.9 Å². The molecular weight excluding hydrogens is 396 g/mol. The molecule has 3 aromatic rings. The predicted octanol–water partition coefficient (Wildman–Crippen LogP) is 5.23. The summed E-state index contributed by atoms with van der Waals surface area (Å²) in [6.45, 7) is 0.741. The average molecular weight is 419 g/mol. The average Bonchev–Trinajstić information content (AvgIpc) is 3.21. The fourth-order valence-corrected chi connectivity index (χ4v) is 4.12. The van der Waals surface area contributed by atoms with Crippen LogP contribution in [0.25, 0.3) is 0 Å². The quantitative estimate of drug-likeness (QED) is 0.596. The molecule has 1 fully saturated rings. The van der Waals surface area contributed by atoms with E-state index in [1.807, 2.05) is 60.7 Å². The highest BCUT2D eigenvalue weighted by Crippen LogP contribution is 2.30. The standard InChI is InChI=1S/C24H22N2O3S/c1-29-20-10-14-22(15-11-20)30-21-12-6-18(7-13-21)25-24(28)17-4-8-19(9-5-17)26-16-2-3-23(26)27/h4-15H,2-3,16H2,1H3,(H,25,28). The number of nitrogens with one attached hydrogen (secondary N) is 1. The van der Waals surface area contributed by atoms with Crippen molar-refractivity contribution in [1.29, 1.82) is 0 Å². The lowest BCUT2D eigenvalue weighted by molar-refractivity contribution is -0.117. The molecule has 1 heterocycles. The molecule has 152 valence electrons. The van der Waals surface area contributed by atoms with E-state index < -0.39 is 0 Å². The number of ether oxygens (including phenoxy) is 1. The fraction of sp³-hybridized carbons (Fsp3) is 0.167. The second-order valence-electron chi connectivity index (χ2n) is 6.95. The smallest absolute Gasteiger partial charge is 0.255 e. The molecule has 0 aliphatic carbocycles. The Balaban J connectivity index is 1.36. The number of hydrogen-bond acceptors (Lipinski definition) is 4.